The monoisotopic (exact) mass is 327 g/mol. The number of hydrogen-bond acceptors (Lipinski definition) is 6. The normalized spacial score (nSPS) is 22.0. The molecule has 1 aromatic rings. The van der Waals surface area contributed by atoms with Crippen LogP contribution in [-0.4, -0.2) is 68.3 Å². The number of aliphatic hydroxyl groups excluding tert-OH is 1. The molecule has 0 radical (unpaired) electrons. The second-order valence-corrected chi connectivity index (χ2v) is 7.47. The summed E-state index contributed by atoms with van der Waals surface area (Å²) in [5.74, 6) is 0.487. The summed E-state index contributed by atoms with van der Waals surface area (Å²) in [6.07, 6.45) is 2.57. The SMILES string of the molecule is O=S(=O)(c1cccnc1N1CCC(O)CC1)N1CCOCC1. The molecule has 2 fully saturated rings. The minimum Gasteiger partial charge on any atom is -0.393 e. The van der Waals surface area contributed by atoms with E-state index in [0.717, 1.165) is 0 Å². The zero-order chi connectivity index (χ0) is 15.6. The van der Waals surface area contributed by atoms with Crippen molar-refractivity contribution in [3.63, 3.8) is 0 Å². The summed E-state index contributed by atoms with van der Waals surface area (Å²) in [4.78, 5) is 6.48. The van der Waals surface area contributed by atoms with E-state index in [-0.39, 0.29) is 11.0 Å². The van der Waals surface area contributed by atoms with Crippen molar-refractivity contribution in [1.82, 2.24) is 9.29 Å². The second kappa shape index (κ2) is 6.49. The summed E-state index contributed by atoms with van der Waals surface area (Å²) in [5.41, 5.74) is 0. The molecule has 3 heterocycles. The molecule has 1 N–H and O–H groups in total. The first-order chi connectivity index (χ1) is 10.6. The van der Waals surface area contributed by atoms with Gasteiger partial charge in [0.1, 0.15) is 10.7 Å². The fourth-order valence-electron chi connectivity index (χ4n) is 2.82. The molecule has 0 aliphatic carbocycles. The van der Waals surface area contributed by atoms with Crippen LogP contribution in [0, 0.1) is 0 Å². The van der Waals surface area contributed by atoms with Crippen LogP contribution in [0.15, 0.2) is 23.2 Å². The Morgan fingerprint density at radius 1 is 1.18 bits per heavy atom. The molecule has 0 bridgehead atoms. The predicted molar refractivity (Wildman–Crippen MR) is 81.3 cm³/mol. The molecule has 8 heteroatoms. The van der Waals surface area contributed by atoms with Crippen LogP contribution >= 0.6 is 0 Å². The molecule has 7 nitrogen and oxygen atoms in total. The van der Waals surface area contributed by atoms with Gasteiger partial charge in [-0.15, -0.1) is 0 Å². The highest BCUT2D eigenvalue weighted by molar-refractivity contribution is 7.89. The maximum atomic E-state index is 12.9. The van der Waals surface area contributed by atoms with Gasteiger partial charge in [0.25, 0.3) is 0 Å². The highest BCUT2D eigenvalue weighted by Crippen LogP contribution is 2.28. The van der Waals surface area contributed by atoms with Gasteiger partial charge in [0, 0.05) is 32.4 Å². The van der Waals surface area contributed by atoms with E-state index in [2.05, 4.69) is 4.98 Å². The first-order valence-electron chi connectivity index (χ1n) is 7.55. The number of anilines is 1. The highest BCUT2D eigenvalue weighted by Gasteiger charge is 2.31. The van der Waals surface area contributed by atoms with E-state index >= 15 is 0 Å². The van der Waals surface area contributed by atoms with E-state index in [0.29, 0.717) is 58.1 Å². The number of ether oxygens (including phenoxy) is 1. The van der Waals surface area contributed by atoms with Gasteiger partial charge in [-0.05, 0) is 25.0 Å². The smallest absolute Gasteiger partial charge is 0.246 e. The predicted octanol–water partition coefficient (Wildman–Crippen LogP) is 0.0636. The molecule has 122 valence electrons. The molecular formula is C14H21N3O4S. The number of pyridine rings is 1. The summed E-state index contributed by atoms with van der Waals surface area (Å²) < 4.78 is 32.4. The van der Waals surface area contributed by atoms with Crippen molar-refractivity contribution in [3.8, 4) is 0 Å². The molecular weight excluding hydrogens is 306 g/mol. The Morgan fingerprint density at radius 2 is 1.86 bits per heavy atom. The quantitative estimate of drug-likeness (QED) is 0.845. The molecule has 0 atom stereocenters. The van der Waals surface area contributed by atoms with Crippen molar-refractivity contribution in [2.45, 2.75) is 23.8 Å². The number of aromatic nitrogens is 1. The number of nitrogens with zero attached hydrogens (tertiary/aromatic N) is 3. The molecule has 22 heavy (non-hydrogen) atoms. The third kappa shape index (κ3) is 3.10. The summed E-state index contributed by atoms with van der Waals surface area (Å²) >= 11 is 0. The van der Waals surface area contributed by atoms with Gasteiger partial charge in [0.15, 0.2) is 0 Å². The number of aliphatic hydroxyl groups is 1. The molecule has 2 saturated heterocycles. The number of rotatable bonds is 3. The third-order valence-corrected chi connectivity index (χ3v) is 6.02. The minimum absolute atomic E-state index is 0.244. The Balaban J connectivity index is 1.90. The fraction of sp³-hybridized carbons (Fsp3) is 0.643. The van der Waals surface area contributed by atoms with Crippen LogP contribution in [0.2, 0.25) is 0 Å². The van der Waals surface area contributed by atoms with Crippen LogP contribution < -0.4 is 4.90 Å². The largest absolute Gasteiger partial charge is 0.393 e. The van der Waals surface area contributed by atoms with Crippen molar-refractivity contribution in [2.75, 3.05) is 44.3 Å². The zero-order valence-corrected chi connectivity index (χ0v) is 13.2. The number of piperidine rings is 1. The van der Waals surface area contributed by atoms with Gasteiger partial charge in [-0.3, -0.25) is 0 Å². The lowest BCUT2D eigenvalue weighted by molar-refractivity contribution is 0.0730. The van der Waals surface area contributed by atoms with Gasteiger partial charge in [-0.25, -0.2) is 13.4 Å². The number of morpholine rings is 1. The Kier molecular flexibility index (Phi) is 4.62. The van der Waals surface area contributed by atoms with Gasteiger partial charge in [0.2, 0.25) is 10.0 Å². The number of sulfonamides is 1. The highest BCUT2D eigenvalue weighted by atomic mass is 32.2. The van der Waals surface area contributed by atoms with E-state index < -0.39 is 10.0 Å². The second-order valence-electron chi connectivity index (χ2n) is 5.56. The lowest BCUT2D eigenvalue weighted by Crippen LogP contribution is -2.42. The van der Waals surface area contributed by atoms with E-state index in [1.54, 1.807) is 18.3 Å². The lowest BCUT2D eigenvalue weighted by Gasteiger charge is -2.33. The van der Waals surface area contributed by atoms with Crippen molar-refractivity contribution in [1.29, 1.82) is 0 Å². The zero-order valence-electron chi connectivity index (χ0n) is 12.4. The Hall–Kier alpha value is -1.22. The average Bonchev–Trinajstić information content (AvgIpc) is 2.56. The summed E-state index contributed by atoms with van der Waals surface area (Å²) in [6, 6.07) is 3.26. The molecule has 2 aliphatic rings. The van der Waals surface area contributed by atoms with Crippen molar-refractivity contribution in [3.05, 3.63) is 18.3 Å². The van der Waals surface area contributed by atoms with E-state index in [1.807, 2.05) is 4.90 Å². The topological polar surface area (TPSA) is 83.0 Å². The van der Waals surface area contributed by atoms with Gasteiger partial charge >= 0.3 is 0 Å². The molecule has 1 aromatic heterocycles. The minimum atomic E-state index is -3.57. The average molecular weight is 327 g/mol. The van der Waals surface area contributed by atoms with Gasteiger partial charge in [0.05, 0.1) is 19.3 Å². The molecule has 0 aromatic carbocycles. The van der Waals surface area contributed by atoms with E-state index in [1.165, 1.54) is 4.31 Å². The molecule has 2 aliphatic heterocycles. The standard InChI is InChI=1S/C14H21N3O4S/c18-12-3-6-16(7-4-12)14-13(2-1-5-15-14)22(19,20)17-8-10-21-11-9-17/h1-2,5,12,18H,3-4,6-11H2. The van der Waals surface area contributed by atoms with Gasteiger partial charge in [-0.2, -0.15) is 4.31 Å². The Labute approximate surface area is 130 Å². The van der Waals surface area contributed by atoms with Gasteiger partial charge < -0.3 is 14.7 Å². The van der Waals surface area contributed by atoms with Gasteiger partial charge in [-0.1, -0.05) is 0 Å². The van der Waals surface area contributed by atoms with Crippen LogP contribution in [0.25, 0.3) is 0 Å². The van der Waals surface area contributed by atoms with Crippen LogP contribution in [0.5, 0.6) is 0 Å². The molecule has 0 spiro atoms. The molecule has 0 amide bonds. The maximum absolute atomic E-state index is 12.9. The Morgan fingerprint density at radius 3 is 2.55 bits per heavy atom. The van der Waals surface area contributed by atoms with E-state index in [9.17, 15) is 13.5 Å². The first-order valence-corrected chi connectivity index (χ1v) is 8.99. The van der Waals surface area contributed by atoms with Crippen molar-refractivity contribution >= 4 is 15.8 Å². The molecule has 0 saturated carbocycles. The summed E-state index contributed by atoms with van der Waals surface area (Å²) in [6.45, 7) is 2.81. The molecule has 0 unspecified atom stereocenters. The van der Waals surface area contributed by atoms with Crippen LogP contribution in [0.3, 0.4) is 0 Å². The fourth-order valence-corrected chi connectivity index (χ4v) is 4.40. The summed E-state index contributed by atoms with van der Waals surface area (Å²) in [7, 11) is -3.57. The molecule has 3 rings (SSSR count). The summed E-state index contributed by atoms with van der Waals surface area (Å²) in [5, 5.41) is 9.62. The van der Waals surface area contributed by atoms with Crippen LogP contribution in [0.1, 0.15) is 12.8 Å². The number of hydrogen-bond donors (Lipinski definition) is 1. The maximum Gasteiger partial charge on any atom is 0.246 e. The van der Waals surface area contributed by atoms with Crippen molar-refractivity contribution in [2.24, 2.45) is 0 Å². The van der Waals surface area contributed by atoms with E-state index in [4.69, 9.17) is 4.74 Å². The lowest BCUT2D eigenvalue weighted by atomic mass is 10.1. The van der Waals surface area contributed by atoms with Crippen LogP contribution in [-0.2, 0) is 14.8 Å². The van der Waals surface area contributed by atoms with Crippen molar-refractivity contribution < 1.29 is 18.3 Å². The Bertz CT molecular complexity index is 608. The first kappa shape index (κ1) is 15.7. The van der Waals surface area contributed by atoms with Crippen LogP contribution in [0.4, 0.5) is 5.82 Å². The third-order valence-electron chi connectivity index (χ3n) is 4.10.